The minimum absolute atomic E-state index is 0.287. The van der Waals surface area contributed by atoms with Crippen molar-refractivity contribution in [2.24, 2.45) is 0 Å². The Balaban J connectivity index is 1.97. The molecule has 0 aliphatic rings. The molecule has 1 N–H and O–H groups in total. The molecule has 0 amide bonds. The van der Waals surface area contributed by atoms with Crippen LogP contribution in [0.1, 0.15) is 19.6 Å². The second kappa shape index (κ2) is 4.63. The molecule has 0 unspecified atom stereocenters. The smallest absolute Gasteiger partial charge is 0.346 e. The van der Waals surface area contributed by atoms with Gasteiger partial charge < -0.3 is 9.84 Å². The van der Waals surface area contributed by atoms with Crippen LogP contribution in [0.15, 0.2) is 17.6 Å². The number of carboxylic acids is 1. The molecular formula is C10H9NO3S2. The maximum Gasteiger partial charge on any atom is 0.346 e. The van der Waals surface area contributed by atoms with E-state index in [1.165, 1.54) is 6.07 Å². The third kappa shape index (κ3) is 2.59. The van der Waals surface area contributed by atoms with Crippen molar-refractivity contribution in [3.8, 4) is 5.75 Å². The van der Waals surface area contributed by atoms with E-state index >= 15 is 0 Å². The monoisotopic (exact) mass is 255 g/mol. The fraction of sp³-hybridized carbons (Fsp3) is 0.200. The van der Waals surface area contributed by atoms with Crippen LogP contribution in [0, 0.1) is 6.92 Å². The Bertz CT molecular complexity index is 504. The number of rotatable bonds is 4. The van der Waals surface area contributed by atoms with Crippen molar-refractivity contribution in [1.29, 1.82) is 0 Å². The van der Waals surface area contributed by atoms with Crippen molar-refractivity contribution in [3.63, 3.8) is 0 Å². The van der Waals surface area contributed by atoms with Gasteiger partial charge in [0.1, 0.15) is 17.2 Å². The summed E-state index contributed by atoms with van der Waals surface area (Å²) >= 11 is 2.73. The summed E-state index contributed by atoms with van der Waals surface area (Å²) in [7, 11) is 0. The zero-order valence-electron chi connectivity index (χ0n) is 8.47. The van der Waals surface area contributed by atoms with E-state index in [1.54, 1.807) is 22.9 Å². The third-order valence-corrected chi connectivity index (χ3v) is 3.62. The van der Waals surface area contributed by atoms with Gasteiger partial charge in [-0.25, -0.2) is 9.78 Å². The summed E-state index contributed by atoms with van der Waals surface area (Å²) in [6.07, 6.45) is 1.77. The van der Waals surface area contributed by atoms with E-state index in [9.17, 15) is 4.79 Å². The number of thiophene rings is 1. The number of aromatic nitrogens is 1. The lowest BCUT2D eigenvalue weighted by Gasteiger charge is -1.99. The lowest BCUT2D eigenvalue weighted by atomic mass is 10.4. The Morgan fingerprint density at radius 2 is 2.44 bits per heavy atom. The Kier molecular flexibility index (Phi) is 3.21. The summed E-state index contributed by atoms with van der Waals surface area (Å²) in [5.41, 5.74) is 0. The van der Waals surface area contributed by atoms with E-state index in [0.717, 1.165) is 21.2 Å². The summed E-state index contributed by atoms with van der Waals surface area (Å²) in [6.45, 7) is 2.36. The molecule has 0 radical (unpaired) electrons. The van der Waals surface area contributed by atoms with Crippen molar-refractivity contribution < 1.29 is 14.6 Å². The summed E-state index contributed by atoms with van der Waals surface area (Å²) in [6, 6.07) is 1.53. The van der Waals surface area contributed by atoms with Crippen LogP contribution in [0.4, 0.5) is 0 Å². The number of ether oxygens (including phenoxy) is 1. The summed E-state index contributed by atoms with van der Waals surface area (Å²) < 4.78 is 5.45. The number of thiazole rings is 1. The highest BCUT2D eigenvalue weighted by atomic mass is 32.1. The minimum atomic E-state index is -0.923. The van der Waals surface area contributed by atoms with E-state index in [2.05, 4.69) is 4.98 Å². The Morgan fingerprint density at radius 1 is 1.62 bits per heavy atom. The normalized spacial score (nSPS) is 10.3. The Labute approximate surface area is 100 Å². The van der Waals surface area contributed by atoms with Crippen molar-refractivity contribution in [3.05, 3.63) is 32.4 Å². The average molecular weight is 255 g/mol. The molecule has 16 heavy (non-hydrogen) atoms. The van der Waals surface area contributed by atoms with Crippen LogP contribution in [0.5, 0.6) is 5.75 Å². The molecule has 0 spiro atoms. The van der Waals surface area contributed by atoms with E-state index in [4.69, 9.17) is 9.84 Å². The summed E-state index contributed by atoms with van der Waals surface area (Å²) in [5, 5.41) is 11.4. The second-order valence-electron chi connectivity index (χ2n) is 3.09. The standard InChI is InChI=1S/C10H9NO3S2/c1-6-11-3-8(16-6)4-14-7-2-9(10(12)13)15-5-7/h2-3,5H,4H2,1H3,(H,12,13). The van der Waals surface area contributed by atoms with Gasteiger partial charge in [-0.1, -0.05) is 0 Å². The molecule has 0 bridgehead atoms. The average Bonchev–Trinajstić information content (AvgIpc) is 2.83. The van der Waals surface area contributed by atoms with Gasteiger partial charge >= 0.3 is 5.97 Å². The number of nitrogens with zero attached hydrogens (tertiary/aromatic N) is 1. The van der Waals surface area contributed by atoms with Crippen molar-refractivity contribution in [2.45, 2.75) is 13.5 Å². The van der Waals surface area contributed by atoms with Gasteiger partial charge in [-0.05, 0) is 6.92 Å². The van der Waals surface area contributed by atoms with Gasteiger partial charge in [0.05, 0.1) is 9.88 Å². The van der Waals surface area contributed by atoms with Gasteiger partial charge in [0.2, 0.25) is 0 Å². The van der Waals surface area contributed by atoms with Gasteiger partial charge in [0, 0.05) is 17.6 Å². The van der Waals surface area contributed by atoms with Gasteiger partial charge in [-0.3, -0.25) is 0 Å². The molecule has 0 atom stereocenters. The van der Waals surface area contributed by atoms with Crippen LogP contribution in [-0.2, 0) is 6.61 Å². The van der Waals surface area contributed by atoms with Crippen LogP contribution in [0.25, 0.3) is 0 Å². The molecule has 0 saturated carbocycles. The van der Waals surface area contributed by atoms with Gasteiger partial charge in [-0.15, -0.1) is 22.7 Å². The van der Waals surface area contributed by atoms with Crippen molar-refractivity contribution >= 4 is 28.6 Å². The first-order valence-corrected chi connectivity index (χ1v) is 6.20. The molecule has 2 rings (SSSR count). The number of aryl methyl sites for hydroxylation is 1. The maximum absolute atomic E-state index is 10.6. The number of hydrogen-bond acceptors (Lipinski definition) is 5. The van der Waals surface area contributed by atoms with E-state index < -0.39 is 5.97 Å². The van der Waals surface area contributed by atoms with E-state index in [0.29, 0.717) is 12.4 Å². The van der Waals surface area contributed by atoms with Crippen LogP contribution in [0.3, 0.4) is 0 Å². The SMILES string of the molecule is Cc1ncc(COc2csc(C(=O)O)c2)s1. The van der Waals surface area contributed by atoms with Crippen LogP contribution >= 0.6 is 22.7 Å². The number of carbonyl (C=O) groups is 1. The predicted octanol–water partition coefficient (Wildman–Crippen LogP) is 2.79. The van der Waals surface area contributed by atoms with Crippen LogP contribution < -0.4 is 4.74 Å². The fourth-order valence-corrected chi connectivity index (χ4v) is 2.51. The second-order valence-corrected chi connectivity index (χ2v) is 5.32. The first-order valence-electron chi connectivity index (χ1n) is 4.51. The molecular weight excluding hydrogens is 246 g/mol. The fourth-order valence-electron chi connectivity index (χ4n) is 1.13. The molecule has 2 aromatic rings. The molecule has 4 nitrogen and oxygen atoms in total. The third-order valence-electron chi connectivity index (χ3n) is 1.84. The molecule has 84 valence electrons. The quantitative estimate of drug-likeness (QED) is 0.912. The number of hydrogen-bond donors (Lipinski definition) is 1. The lowest BCUT2D eigenvalue weighted by Crippen LogP contribution is -1.92. The Morgan fingerprint density at radius 3 is 3.00 bits per heavy atom. The molecule has 6 heteroatoms. The molecule has 0 fully saturated rings. The molecule has 0 aliphatic carbocycles. The zero-order chi connectivity index (χ0) is 11.5. The molecule has 2 heterocycles. The van der Waals surface area contributed by atoms with Crippen molar-refractivity contribution in [1.82, 2.24) is 4.98 Å². The predicted molar refractivity (Wildman–Crippen MR) is 62.5 cm³/mol. The van der Waals surface area contributed by atoms with E-state index in [1.807, 2.05) is 6.92 Å². The molecule has 0 saturated heterocycles. The van der Waals surface area contributed by atoms with Crippen LogP contribution in [0.2, 0.25) is 0 Å². The van der Waals surface area contributed by atoms with Gasteiger partial charge in [0.25, 0.3) is 0 Å². The van der Waals surface area contributed by atoms with Crippen molar-refractivity contribution in [2.75, 3.05) is 0 Å². The topological polar surface area (TPSA) is 59.4 Å². The number of carboxylic acid groups (broad SMARTS) is 1. The summed E-state index contributed by atoms with van der Waals surface area (Å²) in [4.78, 5) is 16.1. The molecule has 0 aliphatic heterocycles. The molecule has 0 aromatic carbocycles. The highest BCUT2D eigenvalue weighted by molar-refractivity contribution is 7.12. The molecule has 2 aromatic heterocycles. The van der Waals surface area contributed by atoms with Crippen LogP contribution in [-0.4, -0.2) is 16.1 Å². The zero-order valence-corrected chi connectivity index (χ0v) is 10.1. The van der Waals surface area contributed by atoms with E-state index in [-0.39, 0.29) is 4.88 Å². The van der Waals surface area contributed by atoms with Gasteiger partial charge in [0.15, 0.2) is 0 Å². The summed E-state index contributed by atoms with van der Waals surface area (Å²) in [5.74, 6) is -0.332. The minimum Gasteiger partial charge on any atom is -0.487 e. The Hall–Kier alpha value is -1.40. The highest BCUT2D eigenvalue weighted by Gasteiger charge is 2.07. The first-order chi connectivity index (χ1) is 7.65. The first kappa shape index (κ1) is 11.1. The lowest BCUT2D eigenvalue weighted by molar-refractivity contribution is 0.0702. The largest absolute Gasteiger partial charge is 0.487 e. The maximum atomic E-state index is 10.6. The number of aromatic carboxylic acids is 1. The highest BCUT2D eigenvalue weighted by Crippen LogP contribution is 2.23. The van der Waals surface area contributed by atoms with Gasteiger partial charge in [-0.2, -0.15) is 0 Å².